The van der Waals surface area contributed by atoms with E-state index in [-0.39, 0.29) is 5.91 Å². The molecule has 0 saturated carbocycles. The number of carbonyl (C=O) groups excluding carboxylic acids is 1. The zero-order chi connectivity index (χ0) is 14.9. The fourth-order valence-corrected chi connectivity index (χ4v) is 4.68. The summed E-state index contributed by atoms with van der Waals surface area (Å²) in [5, 5.41) is 5.05. The summed E-state index contributed by atoms with van der Waals surface area (Å²) >= 11 is 3.28. The van der Waals surface area contributed by atoms with Gasteiger partial charge in [0, 0.05) is 9.75 Å². The van der Waals surface area contributed by atoms with Gasteiger partial charge >= 0.3 is 0 Å². The molecule has 0 fully saturated rings. The first-order valence-corrected chi connectivity index (χ1v) is 9.02. The highest BCUT2D eigenvalue weighted by atomic mass is 32.1. The van der Waals surface area contributed by atoms with E-state index in [0.717, 1.165) is 17.7 Å². The molecule has 1 aliphatic rings. The highest BCUT2D eigenvalue weighted by Gasteiger charge is 2.21. The largest absolute Gasteiger partial charge is 0.346 e. The second-order valence-electron chi connectivity index (χ2n) is 5.38. The molecule has 4 rings (SSSR count). The first kappa shape index (κ1) is 13.7. The maximum atomic E-state index is 12.4. The zero-order valence-electron chi connectivity index (χ0n) is 12.0. The first-order chi connectivity index (χ1) is 10.8. The van der Waals surface area contributed by atoms with Crippen molar-refractivity contribution in [1.82, 2.24) is 5.32 Å². The number of fused-ring (bicyclic) bond motifs is 3. The van der Waals surface area contributed by atoms with Crippen LogP contribution < -0.4 is 5.32 Å². The summed E-state index contributed by atoms with van der Waals surface area (Å²) in [5.74, 6) is 0.0327. The molecule has 1 aromatic carbocycles. The van der Waals surface area contributed by atoms with Crippen LogP contribution in [0.15, 0.2) is 47.8 Å². The monoisotopic (exact) mass is 325 g/mol. The molecular weight excluding hydrogens is 310 g/mol. The number of nitrogens with one attached hydrogen (secondary N) is 1. The van der Waals surface area contributed by atoms with Crippen LogP contribution >= 0.6 is 22.7 Å². The van der Waals surface area contributed by atoms with E-state index >= 15 is 0 Å². The molecule has 0 spiro atoms. The summed E-state index contributed by atoms with van der Waals surface area (Å²) in [7, 11) is 0. The quantitative estimate of drug-likeness (QED) is 0.754. The molecule has 0 unspecified atom stereocenters. The van der Waals surface area contributed by atoms with Gasteiger partial charge in [-0.25, -0.2) is 0 Å². The Kier molecular flexibility index (Phi) is 3.56. The van der Waals surface area contributed by atoms with Crippen LogP contribution in [0.1, 0.15) is 25.7 Å². The molecule has 1 N–H and O–H groups in total. The first-order valence-electron chi connectivity index (χ1n) is 7.33. The second kappa shape index (κ2) is 5.71. The summed E-state index contributed by atoms with van der Waals surface area (Å²) in [5.41, 5.74) is 4.00. The van der Waals surface area contributed by atoms with Crippen molar-refractivity contribution in [2.24, 2.45) is 0 Å². The van der Waals surface area contributed by atoms with Crippen molar-refractivity contribution in [3.63, 3.8) is 0 Å². The van der Waals surface area contributed by atoms with Crippen molar-refractivity contribution in [2.75, 3.05) is 0 Å². The third-order valence-electron chi connectivity index (χ3n) is 3.96. The number of thiophene rings is 2. The van der Waals surface area contributed by atoms with Gasteiger partial charge in [-0.3, -0.25) is 4.79 Å². The Morgan fingerprint density at radius 1 is 1.09 bits per heavy atom. The molecule has 0 aliphatic heterocycles. The molecule has 0 atom stereocenters. The van der Waals surface area contributed by atoms with Crippen molar-refractivity contribution in [3.8, 4) is 10.4 Å². The summed E-state index contributed by atoms with van der Waals surface area (Å²) in [4.78, 5) is 15.6. The van der Waals surface area contributed by atoms with E-state index in [9.17, 15) is 4.79 Å². The van der Waals surface area contributed by atoms with Crippen LogP contribution in [0.4, 0.5) is 0 Å². The third-order valence-corrected chi connectivity index (χ3v) is 6.05. The minimum Gasteiger partial charge on any atom is -0.346 e. The Hall–Kier alpha value is -1.91. The SMILES string of the molecule is O=C(NCc1cccs1)c1cc2c(s1)-c1ccccc1CC2. The number of carbonyl (C=O) groups is 1. The average molecular weight is 325 g/mol. The molecule has 4 heteroatoms. The van der Waals surface area contributed by atoms with Gasteiger partial charge in [-0.15, -0.1) is 22.7 Å². The van der Waals surface area contributed by atoms with Gasteiger partial charge in [0.05, 0.1) is 11.4 Å². The lowest BCUT2D eigenvalue weighted by molar-refractivity contribution is 0.0955. The van der Waals surface area contributed by atoms with E-state index in [1.54, 1.807) is 22.7 Å². The van der Waals surface area contributed by atoms with Gasteiger partial charge in [-0.2, -0.15) is 0 Å². The van der Waals surface area contributed by atoms with Crippen LogP contribution in [0.2, 0.25) is 0 Å². The van der Waals surface area contributed by atoms with E-state index in [1.165, 1.54) is 26.4 Å². The molecule has 3 aromatic rings. The molecular formula is C18H15NOS2. The minimum absolute atomic E-state index is 0.0327. The lowest BCUT2D eigenvalue weighted by Gasteiger charge is -2.15. The fourth-order valence-electron chi connectivity index (χ4n) is 2.85. The van der Waals surface area contributed by atoms with Gasteiger partial charge in [0.2, 0.25) is 0 Å². The zero-order valence-corrected chi connectivity index (χ0v) is 13.6. The van der Waals surface area contributed by atoms with Crippen LogP contribution in [0, 0.1) is 0 Å². The van der Waals surface area contributed by atoms with E-state index in [0.29, 0.717) is 6.54 Å². The standard InChI is InChI=1S/C18H15NOS2/c20-18(19-11-14-5-3-9-21-14)16-10-13-8-7-12-4-1-2-6-15(12)17(13)22-16/h1-6,9-10H,7-8,11H2,(H,19,20). The normalized spacial score (nSPS) is 12.5. The lowest BCUT2D eigenvalue weighted by atomic mass is 9.91. The maximum Gasteiger partial charge on any atom is 0.261 e. The van der Waals surface area contributed by atoms with Crippen molar-refractivity contribution < 1.29 is 4.79 Å². The van der Waals surface area contributed by atoms with Gasteiger partial charge in [0.25, 0.3) is 5.91 Å². The molecule has 1 aliphatic carbocycles. The summed E-state index contributed by atoms with van der Waals surface area (Å²) < 4.78 is 0. The Labute approximate surface area is 137 Å². The summed E-state index contributed by atoms with van der Waals surface area (Å²) in [6.07, 6.45) is 2.09. The number of rotatable bonds is 3. The van der Waals surface area contributed by atoms with Crippen molar-refractivity contribution >= 4 is 28.6 Å². The van der Waals surface area contributed by atoms with E-state index in [4.69, 9.17) is 0 Å². The summed E-state index contributed by atoms with van der Waals surface area (Å²) in [6, 6.07) is 14.6. The van der Waals surface area contributed by atoms with Gasteiger partial charge < -0.3 is 5.32 Å². The number of aryl methyl sites for hydroxylation is 2. The molecule has 2 aromatic heterocycles. The Morgan fingerprint density at radius 3 is 2.82 bits per heavy atom. The van der Waals surface area contributed by atoms with Crippen LogP contribution in [0.25, 0.3) is 10.4 Å². The van der Waals surface area contributed by atoms with E-state index in [2.05, 4.69) is 35.6 Å². The second-order valence-corrected chi connectivity index (χ2v) is 7.47. The van der Waals surface area contributed by atoms with E-state index in [1.807, 2.05) is 17.5 Å². The lowest BCUT2D eigenvalue weighted by Crippen LogP contribution is -2.21. The van der Waals surface area contributed by atoms with Gasteiger partial charge in [-0.05, 0) is 47.0 Å². The molecule has 0 radical (unpaired) electrons. The Morgan fingerprint density at radius 2 is 1.95 bits per heavy atom. The Bertz CT molecular complexity index is 817. The number of benzene rings is 1. The van der Waals surface area contributed by atoms with Crippen LogP contribution in [0.5, 0.6) is 0 Å². The Balaban J connectivity index is 1.58. The molecule has 0 bridgehead atoms. The molecule has 110 valence electrons. The third kappa shape index (κ3) is 2.49. The van der Waals surface area contributed by atoms with Crippen molar-refractivity contribution in [1.29, 1.82) is 0 Å². The van der Waals surface area contributed by atoms with Gasteiger partial charge in [-0.1, -0.05) is 30.3 Å². The number of hydrogen-bond acceptors (Lipinski definition) is 3. The van der Waals surface area contributed by atoms with Gasteiger partial charge in [0.1, 0.15) is 0 Å². The van der Waals surface area contributed by atoms with E-state index < -0.39 is 0 Å². The van der Waals surface area contributed by atoms with Crippen molar-refractivity contribution in [2.45, 2.75) is 19.4 Å². The molecule has 0 saturated heterocycles. The fraction of sp³-hybridized carbons (Fsp3) is 0.167. The van der Waals surface area contributed by atoms with Crippen LogP contribution in [-0.4, -0.2) is 5.91 Å². The van der Waals surface area contributed by atoms with Crippen molar-refractivity contribution in [3.05, 3.63) is 68.7 Å². The van der Waals surface area contributed by atoms with Gasteiger partial charge in [0.15, 0.2) is 0 Å². The highest BCUT2D eigenvalue weighted by molar-refractivity contribution is 7.17. The number of amides is 1. The van der Waals surface area contributed by atoms with Crippen LogP contribution in [0.3, 0.4) is 0 Å². The highest BCUT2D eigenvalue weighted by Crippen LogP contribution is 2.39. The summed E-state index contributed by atoms with van der Waals surface area (Å²) in [6.45, 7) is 0.607. The molecule has 2 heterocycles. The predicted molar refractivity (Wildman–Crippen MR) is 92.7 cm³/mol. The minimum atomic E-state index is 0.0327. The number of hydrogen-bond donors (Lipinski definition) is 1. The average Bonchev–Trinajstić information content (AvgIpc) is 3.21. The molecule has 1 amide bonds. The molecule has 22 heavy (non-hydrogen) atoms. The molecule has 2 nitrogen and oxygen atoms in total. The predicted octanol–water partition coefficient (Wildman–Crippen LogP) is 4.51. The smallest absolute Gasteiger partial charge is 0.261 e. The topological polar surface area (TPSA) is 29.1 Å². The maximum absolute atomic E-state index is 12.4. The van der Waals surface area contributed by atoms with Crippen LogP contribution in [-0.2, 0) is 19.4 Å².